The molecule has 0 saturated carbocycles. The van der Waals surface area contributed by atoms with Crippen LogP contribution in [0.4, 0.5) is 0 Å². The van der Waals surface area contributed by atoms with E-state index in [1.54, 1.807) is 10.9 Å². The summed E-state index contributed by atoms with van der Waals surface area (Å²) in [6.07, 6.45) is 3.86. The van der Waals surface area contributed by atoms with Crippen LogP contribution in [0.2, 0.25) is 5.02 Å². The smallest absolute Gasteiger partial charge is 0.276 e. The van der Waals surface area contributed by atoms with Gasteiger partial charge in [0.25, 0.3) is 5.91 Å². The zero-order valence-electron chi connectivity index (χ0n) is 15.9. The number of carbonyl (C=O) groups is 1. The molecule has 1 aromatic carbocycles. The van der Waals surface area contributed by atoms with Crippen molar-refractivity contribution in [3.05, 3.63) is 46.7 Å². The van der Waals surface area contributed by atoms with Crippen molar-refractivity contribution < 1.29 is 9.90 Å². The van der Waals surface area contributed by atoms with Gasteiger partial charge in [0, 0.05) is 18.1 Å². The van der Waals surface area contributed by atoms with E-state index in [0.717, 1.165) is 24.8 Å². The third-order valence-electron chi connectivity index (χ3n) is 5.13. The van der Waals surface area contributed by atoms with Gasteiger partial charge in [-0.3, -0.25) is 4.79 Å². The summed E-state index contributed by atoms with van der Waals surface area (Å²) < 4.78 is 1.63. The molecule has 1 aromatic heterocycles. The van der Waals surface area contributed by atoms with Crippen molar-refractivity contribution in [2.24, 2.45) is 11.8 Å². The topological polar surface area (TPSA) is 71.2 Å². The van der Waals surface area contributed by atoms with E-state index in [1.165, 1.54) is 0 Å². The maximum absolute atomic E-state index is 12.7. The monoisotopic (exact) mass is 390 g/mol. The summed E-state index contributed by atoms with van der Waals surface area (Å²) in [5, 5.41) is 19.1. The largest absolute Gasteiger partial charge is 0.393 e. The summed E-state index contributed by atoms with van der Waals surface area (Å²) in [4.78, 5) is 14.5. The second-order valence-electron chi connectivity index (χ2n) is 7.72. The van der Waals surface area contributed by atoms with Crippen LogP contribution in [-0.4, -0.2) is 50.1 Å². The Morgan fingerprint density at radius 2 is 2.00 bits per heavy atom. The van der Waals surface area contributed by atoms with Crippen molar-refractivity contribution in [3.8, 4) is 0 Å². The lowest BCUT2D eigenvalue weighted by molar-refractivity contribution is 0.0382. The Kier molecular flexibility index (Phi) is 6.50. The third kappa shape index (κ3) is 5.08. The molecule has 3 rings (SSSR count). The van der Waals surface area contributed by atoms with E-state index in [-0.39, 0.29) is 17.9 Å². The molecule has 1 aliphatic heterocycles. The molecular formula is C20H27ClN4O2. The van der Waals surface area contributed by atoms with Crippen molar-refractivity contribution in [2.75, 3.05) is 13.1 Å². The van der Waals surface area contributed by atoms with Gasteiger partial charge in [0.05, 0.1) is 18.8 Å². The molecule has 0 radical (unpaired) electrons. The van der Waals surface area contributed by atoms with E-state index < -0.39 is 0 Å². The van der Waals surface area contributed by atoms with Gasteiger partial charge in [-0.1, -0.05) is 48.9 Å². The number of aromatic nitrogens is 3. The molecule has 0 aliphatic carbocycles. The summed E-state index contributed by atoms with van der Waals surface area (Å²) in [5.41, 5.74) is 1.28. The molecule has 7 heteroatoms. The second kappa shape index (κ2) is 8.85. The van der Waals surface area contributed by atoms with Crippen LogP contribution in [0.25, 0.3) is 0 Å². The predicted octanol–water partition coefficient (Wildman–Crippen LogP) is 3.24. The lowest BCUT2D eigenvalue weighted by atomic mass is 9.87. The van der Waals surface area contributed by atoms with E-state index in [9.17, 15) is 9.90 Å². The minimum absolute atomic E-state index is 0.0998. The first-order chi connectivity index (χ1) is 12.9. The molecule has 1 atom stereocenters. The zero-order valence-corrected chi connectivity index (χ0v) is 16.6. The zero-order chi connectivity index (χ0) is 19.4. The number of halogens is 1. The first kappa shape index (κ1) is 19.8. The van der Waals surface area contributed by atoms with Crippen molar-refractivity contribution in [3.63, 3.8) is 0 Å². The number of amides is 1. The van der Waals surface area contributed by atoms with Crippen LogP contribution in [0.5, 0.6) is 0 Å². The fourth-order valence-corrected chi connectivity index (χ4v) is 3.80. The summed E-state index contributed by atoms with van der Waals surface area (Å²) >= 11 is 6.18. The van der Waals surface area contributed by atoms with Crippen molar-refractivity contribution in [2.45, 2.75) is 45.8 Å². The lowest BCUT2D eigenvalue weighted by Crippen LogP contribution is -2.41. The number of nitrogens with zero attached hydrogens (tertiary/aromatic N) is 4. The van der Waals surface area contributed by atoms with Gasteiger partial charge in [-0.25, -0.2) is 4.68 Å². The molecule has 0 unspecified atom stereocenters. The molecule has 1 amide bonds. The first-order valence-electron chi connectivity index (χ1n) is 9.55. The summed E-state index contributed by atoms with van der Waals surface area (Å²) in [7, 11) is 0. The first-order valence-corrected chi connectivity index (χ1v) is 9.92. The average Bonchev–Trinajstić information content (AvgIpc) is 3.11. The van der Waals surface area contributed by atoms with Gasteiger partial charge in [-0.2, -0.15) is 0 Å². The molecule has 1 aliphatic rings. The molecule has 2 heterocycles. The Labute approximate surface area is 165 Å². The van der Waals surface area contributed by atoms with Gasteiger partial charge >= 0.3 is 0 Å². The summed E-state index contributed by atoms with van der Waals surface area (Å²) in [6, 6.07) is 7.56. The standard InChI is InChI=1S/C20H27ClN4O2/c1-14(2)11-19(26)15-7-9-24(10-8-15)20(27)18-13-25(23-22-18)12-16-5-3-4-6-17(16)21/h3-6,13-15,19,26H,7-12H2,1-2H3/t19-/m1/s1. The van der Waals surface area contributed by atoms with E-state index in [4.69, 9.17) is 11.6 Å². The van der Waals surface area contributed by atoms with E-state index in [0.29, 0.717) is 36.3 Å². The molecule has 0 spiro atoms. The van der Waals surface area contributed by atoms with Crippen LogP contribution < -0.4 is 0 Å². The van der Waals surface area contributed by atoms with Gasteiger partial charge < -0.3 is 10.0 Å². The molecule has 6 nitrogen and oxygen atoms in total. The van der Waals surface area contributed by atoms with Gasteiger partial charge in [-0.15, -0.1) is 5.10 Å². The Hall–Kier alpha value is -1.92. The molecule has 1 saturated heterocycles. The van der Waals surface area contributed by atoms with Crippen LogP contribution in [0, 0.1) is 11.8 Å². The Balaban J connectivity index is 1.56. The number of carbonyl (C=O) groups excluding carboxylic acids is 1. The number of aliphatic hydroxyl groups is 1. The molecule has 1 N–H and O–H groups in total. The molecule has 27 heavy (non-hydrogen) atoms. The highest BCUT2D eigenvalue weighted by Crippen LogP contribution is 2.25. The minimum Gasteiger partial charge on any atom is -0.393 e. The predicted molar refractivity (Wildman–Crippen MR) is 105 cm³/mol. The highest BCUT2D eigenvalue weighted by molar-refractivity contribution is 6.31. The summed E-state index contributed by atoms with van der Waals surface area (Å²) in [6.45, 7) is 6.01. The molecule has 1 fully saturated rings. The van der Waals surface area contributed by atoms with Crippen molar-refractivity contribution in [1.82, 2.24) is 19.9 Å². The van der Waals surface area contributed by atoms with Crippen molar-refractivity contribution in [1.29, 1.82) is 0 Å². The van der Waals surface area contributed by atoms with E-state index >= 15 is 0 Å². The van der Waals surface area contributed by atoms with Crippen molar-refractivity contribution >= 4 is 17.5 Å². The quantitative estimate of drug-likeness (QED) is 0.821. The van der Waals surface area contributed by atoms with E-state index in [1.807, 2.05) is 29.2 Å². The lowest BCUT2D eigenvalue weighted by Gasteiger charge is -2.34. The van der Waals surface area contributed by atoms with Crippen LogP contribution >= 0.6 is 11.6 Å². The van der Waals surface area contributed by atoms with Gasteiger partial charge in [0.15, 0.2) is 5.69 Å². The normalized spacial score (nSPS) is 16.7. The van der Waals surface area contributed by atoms with Crippen LogP contribution in [0.3, 0.4) is 0 Å². The highest BCUT2D eigenvalue weighted by Gasteiger charge is 2.29. The van der Waals surface area contributed by atoms with Crippen LogP contribution in [0.1, 0.15) is 49.2 Å². The fraction of sp³-hybridized carbons (Fsp3) is 0.550. The molecule has 2 aromatic rings. The number of rotatable bonds is 6. The Bertz CT molecular complexity index is 769. The number of benzene rings is 1. The second-order valence-corrected chi connectivity index (χ2v) is 8.13. The van der Waals surface area contributed by atoms with E-state index in [2.05, 4.69) is 24.2 Å². The number of piperidine rings is 1. The maximum Gasteiger partial charge on any atom is 0.276 e. The molecular weight excluding hydrogens is 364 g/mol. The summed E-state index contributed by atoms with van der Waals surface area (Å²) in [5.74, 6) is 0.650. The Morgan fingerprint density at radius 3 is 2.67 bits per heavy atom. The number of hydrogen-bond donors (Lipinski definition) is 1. The number of aliphatic hydroxyl groups excluding tert-OH is 1. The highest BCUT2D eigenvalue weighted by atomic mass is 35.5. The average molecular weight is 391 g/mol. The van der Waals surface area contributed by atoms with Crippen LogP contribution in [-0.2, 0) is 6.54 Å². The SMILES string of the molecule is CC(C)C[C@@H](O)C1CCN(C(=O)c2cn(Cc3ccccc3Cl)nn2)CC1. The van der Waals surface area contributed by atoms with Gasteiger partial charge in [-0.05, 0) is 42.7 Å². The Morgan fingerprint density at radius 1 is 1.30 bits per heavy atom. The van der Waals surface area contributed by atoms with Crippen LogP contribution in [0.15, 0.2) is 30.5 Å². The maximum atomic E-state index is 12.7. The van der Waals surface area contributed by atoms with Gasteiger partial charge in [0.1, 0.15) is 0 Å². The fourth-order valence-electron chi connectivity index (χ4n) is 3.60. The molecule has 146 valence electrons. The number of hydrogen-bond acceptors (Lipinski definition) is 4. The molecule has 0 bridgehead atoms. The number of likely N-dealkylation sites (tertiary alicyclic amines) is 1. The minimum atomic E-state index is -0.279. The third-order valence-corrected chi connectivity index (χ3v) is 5.50. The van der Waals surface area contributed by atoms with Gasteiger partial charge in [0.2, 0.25) is 0 Å².